The first-order chi connectivity index (χ1) is 8.45. The van der Waals surface area contributed by atoms with E-state index < -0.39 is 0 Å². The first-order valence-corrected chi connectivity index (χ1v) is 6.25. The molecule has 2 unspecified atom stereocenters. The number of likely N-dealkylation sites (N-methyl/N-ethyl adjacent to an activating group) is 2. The predicted octanol–water partition coefficient (Wildman–Crippen LogP) is -0.796. The highest BCUT2D eigenvalue weighted by atomic mass is 16.5. The maximum atomic E-state index is 12.2. The van der Waals surface area contributed by atoms with Gasteiger partial charge in [-0.15, -0.1) is 0 Å². The first kappa shape index (κ1) is 14.9. The molecule has 1 fully saturated rings. The molecule has 0 aromatic heterocycles. The summed E-state index contributed by atoms with van der Waals surface area (Å²) >= 11 is 0. The van der Waals surface area contributed by atoms with Crippen LogP contribution in [0.3, 0.4) is 0 Å². The fourth-order valence-electron chi connectivity index (χ4n) is 2.03. The van der Waals surface area contributed by atoms with Gasteiger partial charge in [-0.1, -0.05) is 0 Å². The van der Waals surface area contributed by atoms with Gasteiger partial charge in [-0.25, -0.2) is 0 Å². The Bertz CT molecular complexity index is 307. The van der Waals surface area contributed by atoms with E-state index in [9.17, 15) is 9.59 Å². The van der Waals surface area contributed by atoms with Gasteiger partial charge in [-0.3, -0.25) is 9.59 Å². The van der Waals surface area contributed by atoms with Gasteiger partial charge in [0.1, 0.15) is 0 Å². The Hall–Kier alpha value is -1.14. The summed E-state index contributed by atoms with van der Waals surface area (Å²) in [6.45, 7) is 4.83. The van der Waals surface area contributed by atoms with Crippen LogP contribution in [0, 0.1) is 5.92 Å². The Balaban J connectivity index is 2.48. The van der Waals surface area contributed by atoms with Crippen LogP contribution in [0.5, 0.6) is 0 Å². The Kier molecular flexibility index (Phi) is 5.55. The highest BCUT2D eigenvalue weighted by molar-refractivity contribution is 5.86. The minimum Gasteiger partial charge on any atom is -0.379 e. The Morgan fingerprint density at radius 2 is 2.06 bits per heavy atom. The van der Waals surface area contributed by atoms with Crippen LogP contribution in [-0.4, -0.2) is 62.7 Å². The Labute approximate surface area is 108 Å². The summed E-state index contributed by atoms with van der Waals surface area (Å²) in [5, 5.41) is 5.83. The zero-order valence-electron chi connectivity index (χ0n) is 11.5. The molecule has 0 saturated carbocycles. The number of nitrogens with one attached hydrogen (secondary N) is 2. The third-order valence-corrected chi connectivity index (χ3v) is 2.98. The van der Waals surface area contributed by atoms with Crippen molar-refractivity contribution in [2.45, 2.75) is 25.9 Å². The molecule has 104 valence electrons. The van der Waals surface area contributed by atoms with Crippen molar-refractivity contribution in [2.75, 3.05) is 33.9 Å². The molecule has 0 radical (unpaired) electrons. The number of carbonyl (C=O) groups excluding carboxylic acids is 2. The lowest BCUT2D eigenvalue weighted by Crippen LogP contribution is -2.47. The fourth-order valence-corrected chi connectivity index (χ4v) is 2.03. The Morgan fingerprint density at radius 1 is 1.39 bits per heavy atom. The smallest absolute Gasteiger partial charge is 0.239 e. The number of amides is 2. The second-order valence-electron chi connectivity index (χ2n) is 4.96. The highest BCUT2D eigenvalue weighted by Crippen LogP contribution is 2.15. The summed E-state index contributed by atoms with van der Waals surface area (Å²) < 4.78 is 5.29. The monoisotopic (exact) mass is 257 g/mol. The molecule has 1 heterocycles. The third kappa shape index (κ3) is 3.96. The SMILES string of the molecule is CNC1COCC1C(=O)N(C)CC(=O)NC(C)C. The van der Waals surface area contributed by atoms with Gasteiger partial charge in [-0.2, -0.15) is 0 Å². The largest absolute Gasteiger partial charge is 0.379 e. The maximum absolute atomic E-state index is 12.2. The lowest BCUT2D eigenvalue weighted by molar-refractivity contribution is -0.138. The van der Waals surface area contributed by atoms with Crippen molar-refractivity contribution < 1.29 is 14.3 Å². The summed E-state index contributed by atoms with van der Waals surface area (Å²) in [6.07, 6.45) is 0. The minimum absolute atomic E-state index is 0.0353. The second kappa shape index (κ2) is 6.70. The van der Waals surface area contributed by atoms with Crippen molar-refractivity contribution in [3.05, 3.63) is 0 Å². The van der Waals surface area contributed by atoms with Crippen molar-refractivity contribution in [2.24, 2.45) is 5.92 Å². The van der Waals surface area contributed by atoms with Crippen molar-refractivity contribution in [3.8, 4) is 0 Å². The quantitative estimate of drug-likeness (QED) is 0.677. The van der Waals surface area contributed by atoms with Gasteiger partial charge < -0.3 is 20.3 Å². The van der Waals surface area contributed by atoms with Gasteiger partial charge in [0.15, 0.2) is 0 Å². The molecule has 18 heavy (non-hydrogen) atoms. The van der Waals surface area contributed by atoms with E-state index in [4.69, 9.17) is 4.74 Å². The zero-order chi connectivity index (χ0) is 13.7. The van der Waals surface area contributed by atoms with E-state index in [1.165, 1.54) is 4.90 Å². The topological polar surface area (TPSA) is 70.7 Å². The lowest BCUT2D eigenvalue weighted by atomic mass is 10.0. The molecule has 1 saturated heterocycles. The molecule has 2 N–H and O–H groups in total. The van der Waals surface area contributed by atoms with Crippen LogP contribution in [0.15, 0.2) is 0 Å². The summed E-state index contributed by atoms with van der Waals surface area (Å²) in [5.41, 5.74) is 0. The number of rotatable bonds is 5. The molecular weight excluding hydrogens is 234 g/mol. The number of nitrogens with zero attached hydrogens (tertiary/aromatic N) is 1. The molecule has 2 atom stereocenters. The fraction of sp³-hybridized carbons (Fsp3) is 0.833. The van der Waals surface area contributed by atoms with Crippen molar-refractivity contribution >= 4 is 11.8 Å². The number of hydrogen-bond acceptors (Lipinski definition) is 4. The number of hydrogen-bond donors (Lipinski definition) is 2. The molecule has 2 amide bonds. The summed E-state index contributed by atoms with van der Waals surface area (Å²) in [5.74, 6) is -0.390. The van der Waals surface area contributed by atoms with Gasteiger partial charge >= 0.3 is 0 Å². The van der Waals surface area contributed by atoms with Gasteiger partial charge in [-0.05, 0) is 20.9 Å². The molecule has 0 aromatic carbocycles. The number of carbonyl (C=O) groups is 2. The van der Waals surface area contributed by atoms with E-state index in [-0.39, 0.29) is 36.4 Å². The van der Waals surface area contributed by atoms with Crippen molar-refractivity contribution in [3.63, 3.8) is 0 Å². The molecule has 6 heteroatoms. The van der Waals surface area contributed by atoms with Crippen molar-refractivity contribution in [1.82, 2.24) is 15.5 Å². The lowest BCUT2D eigenvalue weighted by Gasteiger charge is -2.23. The maximum Gasteiger partial charge on any atom is 0.239 e. The standard InChI is InChI=1S/C12H23N3O3/c1-8(2)14-11(16)5-15(4)12(17)9-6-18-7-10(9)13-3/h8-10,13H,5-7H2,1-4H3,(H,14,16). The van der Waals surface area contributed by atoms with Gasteiger partial charge in [0.25, 0.3) is 0 Å². The average molecular weight is 257 g/mol. The van der Waals surface area contributed by atoms with Crippen LogP contribution >= 0.6 is 0 Å². The highest BCUT2D eigenvalue weighted by Gasteiger charge is 2.35. The van der Waals surface area contributed by atoms with E-state index in [1.54, 1.807) is 7.05 Å². The van der Waals surface area contributed by atoms with Gasteiger partial charge in [0.05, 0.1) is 25.7 Å². The molecule has 1 rings (SSSR count). The van der Waals surface area contributed by atoms with Crippen molar-refractivity contribution in [1.29, 1.82) is 0 Å². The van der Waals surface area contributed by atoms with Crippen LogP contribution in [0.25, 0.3) is 0 Å². The van der Waals surface area contributed by atoms with Gasteiger partial charge in [0, 0.05) is 19.1 Å². The van der Waals surface area contributed by atoms with Gasteiger partial charge in [0.2, 0.25) is 11.8 Å². The molecule has 0 bridgehead atoms. The normalized spacial score (nSPS) is 23.2. The minimum atomic E-state index is -0.202. The zero-order valence-corrected chi connectivity index (χ0v) is 11.5. The summed E-state index contributed by atoms with van der Waals surface area (Å²) in [7, 11) is 3.46. The van der Waals surface area contributed by atoms with E-state index in [1.807, 2.05) is 20.9 Å². The predicted molar refractivity (Wildman–Crippen MR) is 68.1 cm³/mol. The van der Waals surface area contributed by atoms with Crippen LogP contribution < -0.4 is 10.6 Å². The molecule has 0 aromatic rings. The van der Waals surface area contributed by atoms with E-state index in [0.29, 0.717) is 13.2 Å². The first-order valence-electron chi connectivity index (χ1n) is 6.25. The summed E-state index contributed by atoms with van der Waals surface area (Å²) in [4.78, 5) is 25.2. The molecule has 1 aliphatic heterocycles. The molecule has 0 aliphatic carbocycles. The molecular formula is C12H23N3O3. The number of ether oxygens (including phenoxy) is 1. The Morgan fingerprint density at radius 3 is 2.61 bits per heavy atom. The van der Waals surface area contributed by atoms with E-state index in [2.05, 4.69) is 10.6 Å². The van der Waals surface area contributed by atoms with Crippen LogP contribution in [0.4, 0.5) is 0 Å². The summed E-state index contributed by atoms with van der Waals surface area (Å²) in [6, 6.07) is 0.119. The van der Waals surface area contributed by atoms with Crippen LogP contribution in [0.2, 0.25) is 0 Å². The van der Waals surface area contributed by atoms with E-state index in [0.717, 1.165) is 0 Å². The third-order valence-electron chi connectivity index (χ3n) is 2.98. The average Bonchev–Trinajstić information content (AvgIpc) is 2.74. The molecule has 1 aliphatic rings. The second-order valence-corrected chi connectivity index (χ2v) is 4.96. The van der Waals surface area contributed by atoms with Crippen LogP contribution in [0.1, 0.15) is 13.8 Å². The van der Waals surface area contributed by atoms with Crippen LogP contribution in [-0.2, 0) is 14.3 Å². The molecule has 6 nitrogen and oxygen atoms in total. The van der Waals surface area contributed by atoms with E-state index >= 15 is 0 Å². The molecule has 0 spiro atoms.